The van der Waals surface area contributed by atoms with Gasteiger partial charge in [-0.3, -0.25) is 4.79 Å². The van der Waals surface area contributed by atoms with Crippen molar-refractivity contribution in [3.05, 3.63) is 53.1 Å². The Balaban J connectivity index is 2.25. The Kier molecular flexibility index (Phi) is 3.43. The van der Waals surface area contributed by atoms with Crippen molar-refractivity contribution in [2.24, 2.45) is 0 Å². The average Bonchev–Trinajstić information content (AvgIpc) is 2.32. The largest absolute Gasteiger partial charge is 0.508 e. The SMILES string of the molecule is O=C(Nc1cccnc1Cl)c1ccc(O)cc1F. The molecule has 0 aliphatic heterocycles. The Hall–Kier alpha value is -2.14. The first-order chi connectivity index (χ1) is 8.58. The molecular weight excluding hydrogens is 259 g/mol. The first-order valence-corrected chi connectivity index (χ1v) is 5.36. The molecular formula is C12H8ClFN2O2. The normalized spacial score (nSPS) is 10.1. The fourth-order valence-corrected chi connectivity index (χ4v) is 1.52. The van der Waals surface area contributed by atoms with E-state index in [-0.39, 0.29) is 22.2 Å². The zero-order chi connectivity index (χ0) is 13.1. The number of rotatable bonds is 2. The Bertz CT molecular complexity index is 604. The van der Waals surface area contributed by atoms with E-state index in [1.807, 2.05) is 0 Å². The summed E-state index contributed by atoms with van der Waals surface area (Å²) in [5.41, 5.74) is 0.101. The number of aromatic nitrogens is 1. The van der Waals surface area contributed by atoms with Crippen molar-refractivity contribution in [2.45, 2.75) is 0 Å². The maximum Gasteiger partial charge on any atom is 0.258 e. The zero-order valence-electron chi connectivity index (χ0n) is 9.02. The number of hydrogen-bond donors (Lipinski definition) is 2. The quantitative estimate of drug-likeness (QED) is 0.822. The number of halogens is 2. The Morgan fingerprint density at radius 1 is 1.39 bits per heavy atom. The van der Waals surface area contributed by atoms with Gasteiger partial charge in [-0.1, -0.05) is 11.6 Å². The lowest BCUT2D eigenvalue weighted by molar-refractivity contribution is 0.102. The molecule has 4 nitrogen and oxygen atoms in total. The van der Waals surface area contributed by atoms with Crippen LogP contribution in [-0.2, 0) is 0 Å². The second-order valence-electron chi connectivity index (χ2n) is 3.46. The highest BCUT2D eigenvalue weighted by Crippen LogP contribution is 2.20. The highest BCUT2D eigenvalue weighted by Gasteiger charge is 2.13. The number of nitrogens with zero attached hydrogens (tertiary/aromatic N) is 1. The third kappa shape index (κ3) is 2.57. The molecule has 2 rings (SSSR count). The molecule has 1 aromatic heterocycles. The van der Waals surface area contributed by atoms with Crippen molar-refractivity contribution in [1.82, 2.24) is 4.98 Å². The topological polar surface area (TPSA) is 62.2 Å². The van der Waals surface area contributed by atoms with Crippen molar-refractivity contribution in [2.75, 3.05) is 5.32 Å². The first kappa shape index (κ1) is 12.3. The number of phenolic OH excluding ortho intramolecular Hbond substituents is 1. The number of benzene rings is 1. The molecule has 0 atom stereocenters. The van der Waals surface area contributed by atoms with Gasteiger partial charge in [0.1, 0.15) is 11.6 Å². The van der Waals surface area contributed by atoms with E-state index in [2.05, 4.69) is 10.3 Å². The number of carbonyl (C=O) groups is 1. The second-order valence-corrected chi connectivity index (χ2v) is 3.82. The molecule has 0 fully saturated rings. The molecule has 0 bridgehead atoms. The molecule has 92 valence electrons. The van der Waals surface area contributed by atoms with Gasteiger partial charge in [0.05, 0.1) is 11.3 Å². The van der Waals surface area contributed by atoms with E-state index in [1.54, 1.807) is 12.1 Å². The monoisotopic (exact) mass is 266 g/mol. The summed E-state index contributed by atoms with van der Waals surface area (Å²) in [5, 5.41) is 11.6. The van der Waals surface area contributed by atoms with Crippen molar-refractivity contribution >= 4 is 23.2 Å². The summed E-state index contributed by atoms with van der Waals surface area (Å²) in [6.45, 7) is 0. The number of nitrogens with one attached hydrogen (secondary N) is 1. The van der Waals surface area contributed by atoms with Crippen molar-refractivity contribution in [1.29, 1.82) is 0 Å². The van der Waals surface area contributed by atoms with Crippen molar-refractivity contribution in [3.63, 3.8) is 0 Å². The number of pyridine rings is 1. The van der Waals surface area contributed by atoms with Crippen LogP contribution in [0.15, 0.2) is 36.5 Å². The van der Waals surface area contributed by atoms with Gasteiger partial charge in [-0.25, -0.2) is 9.37 Å². The molecule has 0 saturated carbocycles. The summed E-state index contributed by atoms with van der Waals surface area (Å²) in [6.07, 6.45) is 1.47. The zero-order valence-corrected chi connectivity index (χ0v) is 9.78. The van der Waals surface area contributed by atoms with E-state index in [1.165, 1.54) is 18.3 Å². The summed E-state index contributed by atoms with van der Waals surface area (Å²) < 4.78 is 13.4. The lowest BCUT2D eigenvalue weighted by atomic mass is 10.2. The fraction of sp³-hybridized carbons (Fsp3) is 0. The average molecular weight is 267 g/mol. The van der Waals surface area contributed by atoms with Crippen LogP contribution >= 0.6 is 11.6 Å². The number of aromatic hydroxyl groups is 1. The van der Waals surface area contributed by atoms with Gasteiger partial charge in [0.2, 0.25) is 0 Å². The molecule has 0 aliphatic carbocycles. The third-order valence-corrected chi connectivity index (χ3v) is 2.51. The number of hydrogen-bond acceptors (Lipinski definition) is 3. The molecule has 2 aromatic rings. The molecule has 0 unspecified atom stereocenters. The lowest BCUT2D eigenvalue weighted by Crippen LogP contribution is -2.14. The summed E-state index contributed by atoms with van der Waals surface area (Å²) in [6, 6.07) is 6.41. The summed E-state index contributed by atoms with van der Waals surface area (Å²) >= 11 is 5.76. The van der Waals surface area contributed by atoms with E-state index < -0.39 is 11.7 Å². The Morgan fingerprint density at radius 2 is 2.17 bits per heavy atom. The molecule has 1 amide bonds. The van der Waals surface area contributed by atoms with Gasteiger partial charge in [-0.05, 0) is 24.3 Å². The van der Waals surface area contributed by atoms with Gasteiger partial charge < -0.3 is 10.4 Å². The Labute approximate surface area is 107 Å². The predicted octanol–water partition coefficient (Wildman–Crippen LogP) is 2.83. The second kappa shape index (κ2) is 5.01. The molecule has 0 spiro atoms. The van der Waals surface area contributed by atoms with Crippen LogP contribution in [0.3, 0.4) is 0 Å². The van der Waals surface area contributed by atoms with Gasteiger partial charge in [0.15, 0.2) is 5.15 Å². The number of amides is 1. The van der Waals surface area contributed by atoms with Crippen LogP contribution in [0, 0.1) is 5.82 Å². The minimum Gasteiger partial charge on any atom is -0.508 e. The van der Waals surface area contributed by atoms with Gasteiger partial charge in [-0.2, -0.15) is 0 Å². The van der Waals surface area contributed by atoms with Gasteiger partial charge >= 0.3 is 0 Å². The van der Waals surface area contributed by atoms with E-state index in [4.69, 9.17) is 16.7 Å². The molecule has 0 saturated heterocycles. The molecule has 2 N–H and O–H groups in total. The first-order valence-electron chi connectivity index (χ1n) is 4.98. The van der Waals surface area contributed by atoms with Crippen LogP contribution in [0.5, 0.6) is 5.75 Å². The number of anilines is 1. The minimum atomic E-state index is -0.812. The molecule has 6 heteroatoms. The lowest BCUT2D eigenvalue weighted by Gasteiger charge is -2.07. The Morgan fingerprint density at radius 3 is 2.83 bits per heavy atom. The van der Waals surface area contributed by atoms with E-state index in [9.17, 15) is 9.18 Å². The van der Waals surface area contributed by atoms with Gasteiger partial charge in [0.25, 0.3) is 5.91 Å². The predicted molar refractivity (Wildman–Crippen MR) is 65.3 cm³/mol. The third-order valence-electron chi connectivity index (χ3n) is 2.20. The molecule has 18 heavy (non-hydrogen) atoms. The maximum atomic E-state index is 13.4. The van der Waals surface area contributed by atoms with Crippen molar-refractivity contribution < 1.29 is 14.3 Å². The maximum absolute atomic E-state index is 13.4. The highest BCUT2D eigenvalue weighted by molar-refractivity contribution is 6.32. The fourth-order valence-electron chi connectivity index (χ4n) is 1.36. The van der Waals surface area contributed by atoms with Crippen LogP contribution in [0.25, 0.3) is 0 Å². The van der Waals surface area contributed by atoms with Crippen LogP contribution in [0.2, 0.25) is 5.15 Å². The van der Waals surface area contributed by atoms with Crippen LogP contribution < -0.4 is 5.32 Å². The smallest absolute Gasteiger partial charge is 0.258 e. The van der Waals surface area contributed by atoms with Crippen LogP contribution in [0.4, 0.5) is 10.1 Å². The molecule has 1 aromatic carbocycles. The standard InChI is InChI=1S/C12H8ClFN2O2/c13-11-10(2-1-5-15-11)16-12(18)8-4-3-7(17)6-9(8)14/h1-6,17H,(H,16,18). The molecule has 1 heterocycles. The molecule has 0 radical (unpaired) electrons. The summed E-state index contributed by atoms with van der Waals surface area (Å²) in [5.74, 6) is -1.72. The summed E-state index contributed by atoms with van der Waals surface area (Å²) in [4.78, 5) is 15.6. The number of carbonyl (C=O) groups excluding carboxylic acids is 1. The van der Waals surface area contributed by atoms with E-state index in [0.29, 0.717) is 0 Å². The van der Waals surface area contributed by atoms with Gasteiger partial charge in [-0.15, -0.1) is 0 Å². The minimum absolute atomic E-state index is 0.116. The van der Waals surface area contributed by atoms with Crippen molar-refractivity contribution in [3.8, 4) is 5.75 Å². The highest BCUT2D eigenvalue weighted by atomic mass is 35.5. The molecule has 0 aliphatic rings. The number of phenols is 1. The van der Waals surface area contributed by atoms with E-state index in [0.717, 1.165) is 6.07 Å². The van der Waals surface area contributed by atoms with Crippen LogP contribution in [0.1, 0.15) is 10.4 Å². The van der Waals surface area contributed by atoms with E-state index >= 15 is 0 Å². The van der Waals surface area contributed by atoms with Gasteiger partial charge in [0, 0.05) is 12.3 Å². The summed E-state index contributed by atoms with van der Waals surface area (Å²) in [7, 11) is 0. The van der Waals surface area contributed by atoms with Crippen LogP contribution in [-0.4, -0.2) is 16.0 Å².